The lowest BCUT2D eigenvalue weighted by molar-refractivity contribution is 1.20. The van der Waals surface area contributed by atoms with Gasteiger partial charge in [0, 0.05) is 32.9 Å². The van der Waals surface area contributed by atoms with Crippen molar-refractivity contribution in [3.8, 4) is 27.9 Å². The van der Waals surface area contributed by atoms with E-state index in [1.54, 1.807) is 0 Å². The zero-order valence-corrected chi connectivity index (χ0v) is 28.5. The highest BCUT2D eigenvalue weighted by Crippen LogP contribution is 2.43. The molecule has 0 bridgehead atoms. The van der Waals surface area contributed by atoms with Gasteiger partial charge in [-0.25, -0.2) is 0 Å². The molecule has 0 radical (unpaired) electrons. The third-order valence-corrected chi connectivity index (χ3v) is 10.4. The van der Waals surface area contributed by atoms with E-state index in [1.807, 2.05) is 0 Å². The predicted octanol–water partition coefficient (Wildman–Crippen LogP) is 13.9. The summed E-state index contributed by atoms with van der Waals surface area (Å²) in [5.74, 6) is 0. The van der Waals surface area contributed by atoms with Gasteiger partial charge in [-0.2, -0.15) is 0 Å². The molecule has 52 heavy (non-hydrogen) atoms. The number of anilines is 3. The van der Waals surface area contributed by atoms with Gasteiger partial charge in [0.25, 0.3) is 0 Å². The number of hydrogen-bond donors (Lipinski definition) is 0. The number of aromatic nitrogens is 1. The Labute approximate surface area is 303 Å². The number of rotatable bonds is 6. The average molecular weight is 663 g/mol. The van der Waals surface area contributed by atoms with E-state index in [2.05, 4.69) is 216 Å². The van der Waals surface area contributed by atoms with Gasteiger partial charge in [0.15, 0.2) is 0 Å². The molecule has 1 aromatic heterocycles. The molecule has 0 fully saturated rings. The van der Waals surface area contributed by atoms with E-state index in [4.69, 9.17) is 0 Å². The van der Waals surface area contributed by atoms with Crippen LogP contribution in [-0.4, -0.2) is 4.57 Å². The van der Waals surface area contributed by atoms with E-state index in [1.165, 1.54) is 71.3 Å². The molecule has 10 rings (SSSR count). The van der Waals surface area contributed by atoms with Crippen molar-refractivity contribution in [2.24, 2.45) is 0 Å². The highest BCUT2D eigenvalue weighted by atomic mass is 15.1. The second-order valence-electron chi connectivity index (χ2n) is 13.4. The highest BCUT2D eigenvalue weighted by Gasteiger charge is 2.19. The number of para-hydroxylation sites is 1. The van der Waals surface area contributed by atoms with Gasteiger partial charge in [-0.1, -0.05) is 152 Å². The minimum atomic E-state index is 1.10. The van der Waals surface area contributed by atoms with Crippen molar-refractivity contribution >= 4 is 60.4 Å². The Kier molecular flexibility index (Phi) is 7.18. The standard InChI is InChI=1S/C50H34N2/c1-3-13-35(14-4-1)37-25-29-41(30-26-37)51(42-31-27-38(28-32-42)36-15-5-2-6-16-36)47-23-11-21-44-43(47)20-12-24-49(44)52-48-22-10-9-19-45(48)46-33-39-17-7-8-18-40(39)34-50(46)52/h1-34H. The maximum Gasteiger partial charge on any atom is 0.0547 e. The first kappa shape index (κ1) is 30.0. The molecule has 10 aromatic rings. The van der Waals surface area contributed by atoms with Crippen molar-refractivity contribution in [2.45, 2.75) is 0 Å². The van der Waals surface area contributed by atoms with Crippen LogP contribution in [0.4, 0.5) is 17.1 Å². The molecule has 0 aliphatic rings. The van der Waals surface area contributed by atoms with Crippen molar-refractivity contribution in [3.63, 3.8) is 0 Å². The summed E-state index contributed by atoms with van der Waals surface area (Å²) >= 11 is 0. The molecule has 0 N–H and O–H groups in total. The van der Waals surface area contributed by atoms with Crippen LogP contribution in [0.3, 0.4) is 0 Å². The Bertz CT molecular complexity index is 2790. The van der Waals surface area contributed by atoms with Crippen molar-refractivity contribution in [3.05, 3.63) is 206 Å². The molecule has 0 amide bonds. The summed E-state index contributed by atoms with van der Waals surface area (Å²) in [5, 5.41) is 7.40. The molecule has 1 heterocycles. The Hall–Kier alpha value is -6.90. The topological polar surface area (TPSA) is 8.17 Å². The molecule has 0 spiro atoms. The highest BCUT2D eigenvalue weighted by molar-refractivity contribution is 6.15. The van der Waals surface area contributed by atoms with Crippen molar-refractivity contribution < 1.29 is 0 Å². The fourth-order valence-electron chi connectivity index (χ4n) is 7.88. The normalized spacial score (nSPS) is 11.5. The van der Waals surface area contributed by atoms with Gasteiger partial charge in [0.2, 0.25) is 0 Å². The van der Waals surface area contributed by atoms with Gasteiger partial charge in [-0.3, -0.25) is 0 Å². The molecule has 0 saturated carbocycles. The first-order valence-electron chi connectivity index (χ1n) is 17.9. The number of nitrogens with zero attached hydrogens (tertiary/aromatic N) is 2. The van der Waals surface area contributed by atoms with Crippen LogP contribution in [0.2, 0.25) is 0 Å². The lowest BCUT2D eigenvalue weighted by Gasteiger charge is -2.28. The third kappa shape index (κ3) is 5.04. The first-order valence-corrected chi connectivity index (χ1v) is 17.9. The summed E-state index contributed by atoms with van der Waals surface area (Å²) in [6, 6.07) is 74.7. The van der Waals surface area contributed by atoms with Crippen LogP contribution in [-0.2, 0) is 0 Å². The maximum absolute atomic E-state index is 2.46. The van der Waals surface area contributed by atoms with E-state index in [9.17, 15) is 0 Å². The molecular formula is C50H34N2. The second-order valence-corrected chi connectivity index (χ2v) is 13.4. The zero-order valence-electron chi connectivity index (χ0n) is 28.5. The molecular weight excluding hydrogens is 629 g/mol. The summed E-state index contributed by atoms with van der Waals surface area (Å²) in [6.45, 7) is 0. The lowest BCUT2D eigenvalue weighted by Crippen LogP contribution is -2.10. The molecule has 0 saturated heterocycles. The fourth-order valence-corrected chi connectivity index (χ4v) is 7.88. The molecule has 2 nitrogen and oxygen atoms in total. The van der Waals surface area contributed by atoms with E-state index < -0.39 is 0 Å². The molecule has 0 aliphatic carbocycles. The molecule has 0 unspecified atom stereocenters. The van der Waals surface area contributed by atoms with E-state index in [0.717, 1.165) is 17.1 Å². The number of benzene rings is 9. The predicted molar refractivity (Wildman–Crippen MR) is 221 cm³/mol. The summed E-state index contributed by atoms with van der Waals surface area (Å²) < 4.78 is 2.46. The molecule has 2 heteroatoms. The summed E-state index contributed by atoms with van der Waals surface area (Å²) in [6.07, 6.45) is 0. The fraction of sp³-hybridized carbons (Fsp3) is 0. The maximum atomic E-state index is 2.46. The van der Waals surface area contributed by atoms with E-state index in [-0.39, 0.29) is 0 Å². The third-order valence-electron chi connectivity index (χ3n) is 10.4. The SMILES string of the molecule is c1ccc(-c2ccc(N(c3ccc(-c4ccccc4)cc3)c3cccc4c(-n5c6ccccc6c6cc7ccccc7cc65)cccc34)cc2)cc1. The second kappa shape index (κ2) is 12.5. The number of fused-ring (bicyclic) bond motifs is 5. The van der Waals surface area contributed by atoms with Gasteiger partial charge in [-0.15, -0.1) is 0 Å². The molecule has 0 atom stereocenters. The van der Waals surface area contributed by atoms with Crippen LogP contribution < -0.4 is 4.90 Å². The van der Waals surface area contributed by atoms with E-state index >= 15 is 0 Å². The van der Waals surface area contributed by atoms with Gasteiger partial charge < -0.3 is 9.47 Å². The Balaban J connectivity index is 1.18. The van der Waals surface area contributed by atoms with Gasteiger partial charge in [0.1, 0.15) is 0 Å². The van der Waals surface area contributed by atoms with Gasteiger partial charge in [0.05, 0.1) is 22.4 Å². The Morgan fingerprint density at radius 2 is 0.808 bits per heavy atom. The van der Waals surface area contributed by atoms with E-state index in [0.29, 0.717) is 0 Å². The van der Waals surface area contributed by atoms with Crippen LogP contribution >= 0.6 is 0 Å². The minimum Gasteiger partial charge on any atom is -0.310 e. The lowest BCUT2D eigenvalue weighted by atomic mass is 10.0. The van der Waals surface area contributed by atoms with Crippen LogP contribution in [0.1, 0.15) is 0 Å². The monoisotopic (exact) mass is 662 g/mol. The van der Waals surface area contributed by atoms with Crippen molar-refractivity contribution in [1.82, 2.24) is 4.57 Å². The number of hydrogen-bond acceptors (Lipinski definition) is 1. The average Bonchev–Trinajstić information content (AvgIpc) is 3.54. The van der Waals surface area contributed by atoms with Gasteiger partial charge >= 0.3 is 0 Å². The van der Waals surface area contributed by atoms with Crippen molar-refractivity contribution in [2.75, 3.05) is 4.90 Å². The van der Waals surface area contributed by atoms with Crippen LogP contribution in [0, 0.1) is 0 Å². The summed E-state index contributed by atoms with van der Waals surface area (Å²) in [4.78, 5) is 2.40. The Morgan fingerprint density at radius 3 is 1.46 bits per heavy atom. The largest absolute Gasteiger partial charge is 0.310 e. The molecule has 244 valence electrons. The minimum absolute atomic E-state index is 1.10. The Morgan fingerprint density at radius 1 is 0.308 bits per heavy atom. The van der Waals surface area contributed by atoms with Crippen LogP contribution in [0.5, 0.6) is 0 Å². The quantitative estimate of drug-likeness (QED) is 0.172. The summed E-state index contributed by atoms with van der Waals surface area (Å²) in [5.41, 5.74) is 11.7. The first-order chi connectivity index (χ1) is 25.8. The van der Waals surface area contributed by atoms with Crippen LogP contribution in [0.15, 0.2) is 206 Å². The smallest absolute Gasteiger partial charge is 0.0547 e. The molecule has 9 aromatic carbocycles. The zero-order chi connectivity index (χ0) is 34.4. The van der Waals surface area contributed by atoms with Crippen molar-refractivity contribution in [1.29, 1.82) is 0 Å². The molecule has 0 aliphatic heterocycles. The van der Waals surface area contributed by atoms with Crippen LogP contribution in [0.25, 0.3) is 71.3 Å². The van der Waals surface area contributed by atoms with Gasteiger partial charge in [-0.05, 0) is 87.6 Å². The summed E-state index contributed by atoms with van der Waals surface area (Å²) in [7, 11) is 0.